The Labute approximate surface area is 99.7 Å². The minimum atomic E-state index is -0.808. The maximum absolute atomic E-state index is 11.5. The van der Waals surface area contributed by atoms with Crippen molar-refractivity contribution < 1.29 is 9.90 Å². The molecule has 3 rings (SSSR count). The standard InChI is InChI=1S/C14H15NO2/c1-8(2)11-10-5-3-4-9-6-7-15(12(9)10)13(11)14(16)17/h3-5,8H,6-7H2,1-2H3,(H,16,17). The molecule has 0 amide bonds. The van der Waals surface area contributed by atoms with Gasteiger partial charge in [-0.25, -0.2) is 4.79 Å². The van der Waals surface area contributed by atoms with Crippen LogP contribution in [0.25, 0.3) is 10.9 Å². The van der Waals surface area contributed by atoms with Gasteiger partial charge in [0.05, 0.1) is 5.52 Å². The van der Waals surface area contributed by atoms with E-state index in [1.807, 2.05) is 16.7 Å². The van der Waals surface area contributed by atoms with E-state index in [1.54, 1.807) is 0 Å². The lowest BCUT2D eigenvalue weighted by Crippen LogP contribution is -2.10. The largest absolute Gasteiger partial charge is 0.477 e. The van der Waals surface area contributed by atoms with E-state index in [-0.39, 0.29) is 5.92 Å². The molecule has 0 saturated carbocycles. The minimum Gasteiger partial charge on any atom is -0.477 e. The number of carboxylic acids is 1. The summed E-state index contributed by atoms with van der Waals surface area (Å²) in [6, 6.07) is 6.18. The van der Waals surface area contributed by atoms with Crippen molar-refractivity contribution in [3.63, 3.8) is 0 Å². The number of carboxylic acid groups (broad SMARTS) is 1. The van der Waals surface area contributed by atoms with Crippen molar-refractivity contribution in [2.24, 2.45) is 0 Å². The highest BCUT2D eigenvalue weighted by molar-refractivity contribution is 6.00. The molecule has 0 saturated heterocycles. The van der Waals surface area contributed by atoms with E-state index in [0.717, 1.165) is 29.4 Å². The summed E-state index contributed by atoms with van der Waals surface area (Å²) in [4.78, 5) is 11.5. The zero-order valence-corrected chi connectivity index (χ0v) is 10.0. The first-order valence-corrected chi connectivity index (χ1v) is 5.98. The fourth-order valence-electron chi connectivity index (χ4n) is 2.98. The fraction of sp³-hybridized carbons (Fsp3) is 0.357. The molecule has 17 heavy (non-hydrogen) atoms. The number of hydrogen-bond donors (Lipinski definition) is 1. The van der Waals surface area contributed by atoms with Crippen molar-refractivity contribution in [1.82, 2.24) is 4.57 Å². The van der Waals surface area contributed by atoms with Crippen LogP contribution in [0.1, 0.15) is 41.4 Å². The molecule has 0 aliphatic carbocycles. The van der Waals surface area contributed by atoms with Crippen molar-refractivity contribution in [1.29, 1.82) is 0 Å². The van der Waals surface area contributed by atoms with E-state index in [2.05, 4.69) is 19.9 Å². The average Bonchev–Trinajstić information content (AvgIpc) is 2.82. The van der Waals surface area contributed by atoms with Crippen LogP contribution in [0.3, 0.4) is 0 Å². The van der Waals surface area contributed by atoms with Crippen LogP contribution < -0.4 is 0 Å². The van der Waals surface area contributed by atoms with Crippen LogP contribution in [0.15, 0.2) is 18.2 Å². The molecule has 0 radical (unpaired) electrons. The molecule has 2 aromatic rings. The van der Waals surface area contributed by atoms with Gasteiger partial charge in [0.2, 0.25) is 0 Å². The molecule has 3 nitrogen and oxygen atoms in total. The topological polar surface area (TPSA) is 42.2 Å². The van der Waals surface area contributed by atoms with Crippen LogP contribution in [0.2, 0.25) is 0 Å². The second-order valence-corrected chi connectivity index (χ2v) is 4.94. The number of para-hydroxylation sites is 1. The van der Waals surface area contributed by atoms with Gasteiger partial charge in [0.1, 0.15) is 5.69 Å². The first-order chi connectivity index (χ1) is 8.11. The molecule has 1 aromatic heterocycles. The van der Waals surface area contributed by atoms with Gasteiger partial charge in [0.15, 0.2) is 0 Å². The first kappa shape index (κ1) is 10.4. The number of hydrogen-bond acceptors (Lipinski definition) is 1. The summed E-state index contributed by atoms with van der Waals surface area (Å²) in [6.45, 7) is 4.91. The van der Waals surface area contributed by atoms with Gasteiger partial charge in [0.25, 0.3) is 0 Å². The second-order valence-electron chi connectivity index (χ2n) is 4.94. The zero-order chi connectivity index (χ0) is 12.2. The summed E-state index contributed by atoms with van der Waals surface area (Å²) in [5.41, 5.74) is 3.87. The number of nitrogens with zero attached hydrogens (tertiary/aromatic N) is 1. The molecular weight excluding hydrogens is 214 g/mol. The summed E-state index contributed by atoms with van der Waals surface area (Å²) >= 11 is 0. The fourth-order valence-corrected chi connectivity index (χ4v) is 2.98. The number of carbonyl (C=O) groups is 1. The Hall–Kier alpha value is -1.77. The molecule has 0 spiro atoms. The predicted molar refractivity (Wildman–Crippen MR) is 66.7 cm³/mol. The summed E-state index contributed by atoms with van der Waals surface area (Å²) in [5, 5.41) is 10.5. The Morgan fingerprint density at radius 3 is 2.82 bits per heavy atom. The highest BCUT2D eigenvalue weighted by Gasteiger charge is 2.27. The quantitative estimate of drug-likeness (QED) is 0.860. The summed E-state index contributed by atoms with van der Waals surface area (Å²) in [7, 11) is 0. The Kier molecular flexibility index (Phi) is 2.05. The van der Waals surface area contributed by atoms with Gasteiger partial charge in [-0.3, -0.25) is 0 Å². The lowest BCUT2D eigenvalue weighted by molar-refractivity contribution is 0.0684. The highest BCUT2D eigenvalue weighted by Crippen LogP contribution is 2.37. The maximum atomic E-state index is 11.5. The monoisotopic (exact) mass is 229 g/mol. The third-order valence-corrected chi connectivity index (χ3v) is 3.59. The van der Waals surface area contributed by atoms with Crippen LogP contribution in [0.4, 0.5) is 0 Å². The minimum absolute atomic E-state index is 0.234. The second kappa shape index (κ2) is 3.36. The van der Waals surface area contributed by atoms with Gasteiger partial charge in [-0.15, -0.1) is 0 Å². The van der Waals surface area contributed by atoms with Gasteiger partial charge in [-0.2, -0.15) is 0 Å². The van der Waals surface area contributed by atoms with Crippen molar-refractivity contribution in [2.45, 2.75) is 32.7 Å². The van der Waals surface area contributed by atoms with Crippen LogP contribution >= 0.6 is 0 Å². The Bertz CT molecular complexity index is 623. The van der Waals surface area contributed by atoms with E-state index in [0.29, 0.717) is 5.69 Å². The van der Waals surface area contributed by atoms with Crippen molar-refractivity contribution >= 4 is 16.9 Å². The van der Waals surface area contributed by atoms with E-state index < -0.39 is 5.97 Å². The summed E-state index contributed by atoms with van der Waals surface area (Å²) in [6.07, 6.45) is 0.950. The predicted octanol–water partition coefficient (Wildman–Crippen LogP) is 3.02. The smallest absolute Gasteiger partial charge is 0.352 e. The molecule has 1 aliphatic heterocycles. The molecule has 0 bridgehead atoms. The van der Waals surface area contributed by atoms with Crippen molar-refractivity contribution in [3.8, 4) is 0 Å². The molecule has 2 heterocycles. The molecule has 1 N–H and O–H groups in total. The van der Waals surface area contributed by atoms with E-state index in [4.69, 9.17) is 0 Å². The number of aromatic carboxylic acids is 1. The Morgan fingerprint density at radius 2 is 2.18 bits per heavy atom. The average molecular weight is 229 g/mol. The van der Waals surface area contributed by atoms with E-state index in [1.165, 1.54) is 5.56 Å². The van der Waals surface area contributed by atoms with Crippen LogP contribution in [0, 0.1) is 0 Å². The molecule has 0 unspecified atom stereocenters. The molecule has 3 heteroatoms. The van der Waals surface area contributed by atoms with Crippen molar-refractivity contribution in [2.75, 3.05) is 0 Å². The van der Waals surface area contributed by atoms with Crippen molar-refractivity contribution in [3.05, 3.63) is 35.0 Å². The van der Waals surface area contributed by atoms with Crippen LogP contribution in [-0.2, 0) is 13.0 Å². The Morgan fingerprint density at radius 1 is 1.41 bits per heavy atom. The number of aryl methyl sites for hydroxylation is 2. The number of rotatable bonds is 2. The van der Waals surface area contributed by atoms with Gasteiger partial charge >= 0.3 is 5.97 Å². The van der Waals surface area contributed by atoms with Crippen LogP contribution in [-0.4, -0.2) is 15.6 Å². The third-order valence-electron chi connectivity index (χ3n) is 3.59. The van der Waals surface area contributed by atoms with Crippen LogP contribution in [0.5, 0.6) is 0 Å². The van der Waals surface area contributed by atoms with E-state index >= 15 is 0 Å². The lowest BCUT2D eigenvalue weighted by atomic mass is 9.97. The molecule has 0 atom stereocenters. The zero-order valence-electron chi connectivity index (χ0n) is 10.0. The highest BCUT2D eigenvalue weighted by atomic mass is 16.4. The molecule has 88 valence electrons. The third kappa shape index (κ3) is 1.25. The Balaban J connectivity index is 2.49. The molecular formula is C14H15NO2. The van der Waals surface area contributed by atoms with Gasteiger partial charge in [-0.05, 0) is 23.5 Å². The normalized spacial score (nSPS) is 13.8. The molecule has 1 aromatic carbocycles. The SMILES string of the molecule is CC(C)c1c(C(=O)O)n2c3c(cccc13)CC2. The first-order valence-electron chi connectivity index (χ1n) is 5.98. The summed E-state index contributed by atoms with van der Waals surface area (Å²) < 4.78 is 1.97. The lowest BCUT2D eigenvalue weighted by Gasteiger charge is -2.08. The summed E-state index contributed by atoms with van der Waals surface area (Å²) in [5.74, 6) is -0.573. The van der Waals surface area contributed by atoms with Gasteiger partial charge < -0.3 is 9.67 Å². The van der Waals surface area contributed by atoms with Gasteiger partial charge in [0, 0.05) is 11.9 Å². The number of aromatic nitrogens is 1. The molecule has 1 aliphatic rings. The number of benzene rings is 1. The van der Waals surface area contributed by atoms with Gasteiger partial charge in [-0.1, -0.05) is 32.0 Å². The van der Waals surface area contributed by atoms with E-state index in [9.17, 15) is 9.90 Å². The maximum Gasteiger partial charge on any atom is 0.352 e. The molecule has 0 fully saturated rings.